The number of benzene rings is 1. The normalized spacial score (nSPS) is 14.6. The van der Waals surface area contributed by atoms with Crippen LogP contribution in [0.1, 0.15) is 27.2 Å². The molecule has 1 amide bonds. The van der Waals surface area contributed by atoms with Gasteiger partial charge in [0.15, 0.2) is 5.96 Å². The van der Waals surface area contributed by atoms with Crippen molar-refractivity contribution in [3.05, 3.63) is 30.3 Å². The van der Waals surface area contributed by atoms with E-state index in [1.54, 1.807) is 0 Å². The number of hydrogen-bond donors (Lipinski definition) is 1. The van der Waals surface area contributed by atoms with Crippen molar-refractivity contribution in [1.82, 2.24) is 15.1 Å². The highest BCUT2D eigenvalue weighted by molar-refractivity contribution is 14.0. The second kappa shape index (κ2) is 12.8. The number of piperazine rings is 1. The predicted octanol–water partition coefficient (Wildman–Crippen LogP) is 2.65. The van der Waals surface area contributed by atoms with Gasteiger partial charge in [0.1, 0.15) is 0 Å². The van der Waals surface area contributed by atoms with Gasteiger partial charge < -0.3 is 20.0 Å². The van der Waals surface area contributed by atoms with Crippen LogP contribution < -0.4 is 10.2 Å². The first-order chi connectivity index (χ1) is 12.7. The fourth-order valence-corrected chi connectivity index (χ4v) is 3.23. The Kier molecular flexibility index (Phi) is 11.2. The molecule has 2 rings (SSSR count). The number of hydrogen-bond acceptors (Lipinski definition) is 3. The van der Waals surface area contributed by atoms with Gasteiger partial charge in [-0.15, -0.1) is 24.0 Å². The highest BCUT2D eigenvalue weighted by Crippen LogP contribution is 2.15. The molecule has 0 aromatic heterocycles. The molecule has 7 heteroatoms. The highest BCUT2D eigenvalue weighted by Gasteiger charge is 2.19. The Morgan fingerprint density at radius 3 is 2.26 bits per heavy atom. The summed E-state index contributed by atoms with van der Waals surface area (Å²) in [5.41, 5.74) is 1.28. The van der Waals surface area contributed by atoms with E-state index in [2.05, 4.69) is 52.4 Å². The molecule has 0 atom stereocenters. The maximum Gasteiger partial charge on any atom is 0.224 e. The first-order valence-electron chi connectivity index (χ1n) is 9.80. The second-order valence-corrected chi connectivity index (χ2v) is 6.36. The standard InChI is InChI=1S/C20H33N5O.HI/c1-4-21-20(22-13-12-19(26)23(5-2)6-3)25-16-14-24(15-17-25)18-10-8-7-9-11-18;/h7-11H,4-6,12-17H2,1-3H3,(H,21,22);1H. The van der Waals surface area contributed by atoms with E-state index < -0.39 is 0 Å². The van der Waals surface area contributed by atoms with Crippen molar-refractivity contribution in [2.75, 3.05) is 57.3 Å². The van der Waals surface area contributed by atoms with Gasteiger partial charge in [0, 0.05) is 57.9 Å². The van der Waals surface area contributed by atoms with Crippen molar-refractivity contribution < 1.29 is 4.79 Å². The summed E-state index contributed by atoms with van der Waals surface area (Å²) in [4.78, 5) is 23.4. The Morgan fingerprint density at radius 1 is 1.07 bits per heavy atom. The molecule has 1 N–H and O–H groups in total. The number of carbonyl (C=O) groups is 1. The predicted molar refractivity (Wildman–Crippen MR) is 124 cm³/mol. The minimum atomic E-state index is 0. The number of nitrogens with zero attached hydrogens (tertiary/aromatic N) is 4. The molecule has 1 aliphatic heterocycles. The minimum absolute atomic E-state index is 0. The minimum Gasteiger partial charge on any atom is -0.368 e. The van der Waals surface area contributed by atoms with Gasteiger partial charge in [-0.1, -0.05) is 18.2 Å². The van der Waals surface area contributed by atoms with E-state index >= 15 is 0 Å². The topological polar surface area (TPSA) is 51.2 Å². The zero-order valence-electron chi connectivity index (χ0n) is 16.9. The number of rotatable bonds is 7. The van der Waals surface area contributed by atoms with Gasteiger partial charge in [-0.05, 0) is 32.9 Å². The van der Waals surface area contributed by atoms with Gasteiger partial charge >= 0.3 is 0 Å². The number of para-hydroxylation sites is 1. The molecule has 1 heterocycles. The lowest BCUT2D eigenvalue weighted by Gasteiger charge is -2.37. The van der Waals surface area contributed by atoms with Crippen LogP contribution >= 0.6 is 24.0 Å². The fourth-order valence-electron chi connectivity index (χ4n) is 3.23. The lowest BCUT2D eigenvalue weighted by atomic mass is 10.2. The third kappa shape index (κ3) is 7.20. The third-order valence-electron chi connectivity index (χ3n) is 4.74. The molecule has 0 unspecified atom stereocenters. The third-order valence-corrected chi connectivity index (χ3v) is 4.74. The lowest BCUT2D eigenvalue weighted by Crippen LogP contribution is -2.52. The molecule has 6 nitrogen and oxygen atoms in total. The van der Waals surface area contributed by atoms with Crippen LogP contribution in [0, 0.1) is 0 Å². The molecule has 1 fully saturated rings. The molecular formula is C20H34IN5O. The first-order valence-corrected chi connectivity index (χ1v) is 9.80. The van der Waals surface area contributed by atoms with Crippen LogP contribution in [0.5, 0.6) is 0 Å². The summed E-state index contributed by atoms with van der Waals surface area (Å²) < 4.78 is 0. The number of nitrogens with one attached hydrogen (secondary N) is 1. The fraction of sp³-hybridized carbons (Fsp3) is 0.600. The van der Waals surface area contributed by atoms with E-state index in [1.807, 2.05) is 18.7 Å². The summed E-state index contributed by atoms with van der Waals surface area (Å²) in [5, 5.41) is 3.37. The summed E-state index contributed by atoms with van der Waals surface area (Å²) in [6.45, 7) is 12.8. The Balaban J connectivity index is 0.00000364. The van der Waals surface area contributed by atoms with Crippen molar-refractivity contribution in [1.29, 1.82) is 0 Å². The number of guanidine groups is 1. The van der Waals surface area contributed by atoms with Gasteiger partial charge in [0.25, 0.3) is 0 Å². The zero-order valence-corrected chi connectivity index (χ0v) is 19.2. The van der Waals surface area contributed by atoms with Gasteiger partial charge in [0.05, 0.1) is 6.54 Å². The molecule has 1 saturated heterocycles. The Bertz CT molecular complexity index is 569. The summed E-state index contributed by atoms with van der Waals surface area (Å²) in [6.07, 6.45) is 0.473. The summed E-state index contributed by atoms with van der Waals surface area (Å²) in [6, 6.07) is 10.5. The smallest absolute Gasteiger partial charge is 0.224 e. The molecule has 152 valence electrons. The van der Waals surface area contributed by atoms with E-state index in [9.17, 15) is 4.79 Å². The molecule has 0 radical (unpaired) electrons. The Morgan fingerprint density at radius 2 is 1.70 bits per heavy atom. The van der Waals surface area contributed by atoms with E-state index in [0.717, 1.165) is 51.8 Å². The van der Waals surface area contributed by atoms with Gasteiger partial charge in [0.2, 0.25) is 5.91 Å². The van der Waals surface area contributed by atoms with E-state index in [1.165, 1.54) is 5.69 Å². The highest BCUT2D eigenvalue weighted by atomic mass is 127. The van der Waals surface area contributed by atoms with E-state index in [0.29, 0.717) is 13.0 Å². The molecule has 0 bridgehead atoms. The van der Waals surface area contributed by atoms with Crippen LogP contribution in [0.3, 0.4) is 0 Å². The largest absolute Gasteiger partial charge is 0.368 e. The number of amides is 1. The van der Waals surface area contributed by atoms with Crippen LogP contribution in [-0.2, 0) is 4.79 Å². The Hall–Kier alpha value is -1.51. The summed E-state index contributed by atoms with van der Waals surface area (Å²) >= 11 is 0. The van der Waals surface area contributed by atoms with Crippen LogP contribution in [0.2, 0.25) is 0 Å². The molecule has 0 saturated carbocycles. The van der Waals surface area contributed by atoms with Crippen LogP contribution in [0.25, 0.3) is 0 Å². The van der Waals surface area contributed by atoms with Gasteiger partial charge in [-0.3, -0.25) is 9.79 Å². The molecule has 1 aliphatic rings. The summed E-state index contributed by atoms with van der Waals surface area (Å²) in [7, 11) is 0. The quantitative estimate of drug-likeness (QED) is 0.365. The van der Waals surface area contributed by atoms with E-state index in [-0.39, 0.29) is 29.9 Å². The van der Waals surface area contributed by atoms with Crippen molar-refractivity contribution >= 4 is 41.5 Å². The second-order valence-electron chi connectivity index (χ2n) is 6.36. The number of halogens is 1. The van der Waals surface area contributed by atoms with Crippen LogP contribution in [0.4, 0.5) is 5.69 Å². The zero-order chi connectivity index (χ0) is 18.8. The van der Waals surface area contributed by atoms with Crippen molar-refractivity contribution in [2.45, 2.75) is 27.2 Å². The van der Waals surface area contributed by atoms with Gasteiger partial charge in [-0.2, -0.15) is 0 Å². The Labute approximate surface area is 181 Å². The molecule has 0 spiro atoms. The number of aliphatic imine (C=N–C) groups is 1. The van der Waals surface area contributed by atoms with Crippen LogP contribution in [0.15, 0.2) is 35.3 Å². The molecule has 1 aromatic carbocycles. The van der Waals surface area contributed by atoms with Crippen molar-refractivity contribution in [3.63, 3.8) is 0 Å². The average Bonchev–Trinajstić information content (AvgIpc) is 2.69. The maximum absolute atomic E-state index is 12.1. The van der Waals surface area contributed by atoms with E-state index in [4.69, 9.17) is 4.99 Å². The van der Waals surface area contributed by atoms with Gasteiger partial charge in [-0.25, -0.2) is 0 Å². The van der Waals surface area contributed by atoms with Crippen molar-refractivity contribution in [3.8, 4) is 0 Å². The first kappa shape index (κ1) is 23.5. The SMILES string of the molecule is CCNC(=NCCC(=O)N(CC)CC)N1CCN(c2ccccc2)CC1.I. The number of carbonyl (C=O) groups excluding carboxylic acids is 1. The van der Waals surface area contributed by atoms with Crippen LogP contribution in [-0.4, -0.2) is 74.0 Å². The lowest BCUT2D eigenvalue weighted by molar-refractivity contribution is -0.130. The molecule has 1 aromatic rings. The summed E-state index contributed by atoms with van der Waals surface area (Å²) in [5.74, 6) is 1.11. The monoisotopic (exact) mass is 487 g/mol. The molecular weight excluding hydrogens is 453 g/mol. The average molecular weight is 487 g/mol. The number of anilines is 1. The van der Waals surface area contributed by atoms with Crippen molar-refractivity contribution in [2.24, 2.45) is 4.99 Å². The molecule has 27 heavy (non-hydrogen) atoms. The maximum atomic E-state index is 12.1. The molecule has 0 aliphatic carbocycles.